The zero-order chi connectivity index (χ0) is 19.1. The number of hydrogen-bond donors (Lipinski definition) is 2. The normalized spacial score (nSPS) is 14.3. The predicted molar refractivity (Wildman–Crippen MR) is 104 cm³/mol. The van der Waals surface area contributed by atoms with Gasteiger partial charge >= 0.3 is 0 Å². The van der Waals surface area contributed by atoms with E-state index in [0.717, 1.165) is 25.9 Å². The summed E-state index contributed by atoms with van der Waals surface area (Å²) in [6.07, 6.45) is 4.42. The lowest BCUT2D eigenvalue weighted by atomic mass is 10.1. The Balaban J connectivity index is 1.58. The minimum Gasteiger partial charge on any atom is -0.376 e. The van der Waals surface area contributed by atoms with E-state index in [1.807, 2.05) is 4.90 Å². The van der Waals surface area contributed by atoms with Crippen LogP contribution in [0.15, 0.2) is 48.5 Å². The number of likely N-dealkylation sites (tertiary alicyclic amines) is 1. The Labute approximate surface area is 158 Å². The van der Waals surface area contributed by atoms with E-state index in [-0.39, 0.29) is 24.0 Å². The number of anilines is 2. The molecule has 0 bridgehead atoms. The largest absolute Gasteiger partial charge is 0.376 e. The standard InChI is InChI=1S/C21H24FN3O2/c22-18-10-3-4-11-19(18)24-20(26)15-23-17-9-7-8-16(14-17)21(27)25-12-5-1-2-6-13-25/h3-4,7-11,14,23H,1-2,5-6,12-13,15H2,(H,24,26). The number of carbonyl (C=O) groups excluding carboxylic acids is 2. The lowest BCUT2D eigenvalue weighted by Gasteiger charge is -2.20. The Bertz CT molecular complexity index is 802. The van der Waals surface area contributed by atoms with Gasteiger partial charge in [0.1, 0.15) is 5.82 Å². The topological polar surface area (TPSA) is 61.4 Å². The molecule has 1 heterocycles. The fraction of sp³-hybridized carbons (Fsp3) is 0.333. The van der Waals surface area contributed by atoms with Crippen LogP contribution in [-0.2, 0) is 4.79 Å². The summed E-state index contributed by atoms with van der Waals surface area (Å²) >= 11 is 0. The molecule has 0 aromatic heterocycles. The highest BCUT2D eigenvalue weighted by molar-refractivity contribution is 5.96. The van der Waals surface area contributed by atoms with Crippen molar-refractivity contribution in [3.8, 4) is 0 Å². The Kier molecular flexibility index (Phi) is 6.41. The Morgan fingerprint density at radius 3 is 2.44 bits per heavy atom. The summed E-state index contributed by atoms with van der Waals surface area (Å²) in [4.78, 5) is 26.6. The van der Waals surface area contributed by atoms with Crippen LogP contribution in [0.3, 0.4) is 0 Å². The number of rotatable bonds is 5. The molecule has 1 fully saturated rings. The summed E-state index contributed by atoms with van der Waals surface area (Å²) in [7, 11) is 0. The van der Waals surface area contributed by atoms with Crippen molar-refractivity contribution in [3.63, 3.8) is 0 Å². The van der Waals surface area contributed by atoms with Crippen molar-refractivity contribution >= 4 is 23.2 Å². The van der Waals surface area contributed by atoms with Crippen LogP contribution in [0, 0.1) is 5.82 Å². The molecule has 0 spiro atoms. The molecule has 0 unspecified atom stereocenters. The van der Waals surface area contributed by atoms with E-state index < -0.39 is 5.82 Å². The second-order valence-corrected chi connectivity index (χ2v) is 6.67. The first-order valence-electron chi connectivity index (χ1n) is 9.31. The van der Waals surface area contributed by atoms with Crippen LogP contribution in [0.4, 0.5) is 15.8 Å². The van der Waals surface area contributed by atoms with Crippen LogP contribution in [-0.4, -0.2) is 36.3 Å². The smallest absolute Gasteiger partial charge is 0.253 e. The minimum atomic E-state index is -0.476. The molecule has 0 saturated carbocycles. The van der Waals surface area contributed by atoms with Gasteiger partial charge in [0.15, 0.2) is 0 Å². The van der Waals surface area contributed by atoms with Crippen LogP contribution in [0.1, 0.15) is 36.0 Å². The number of nitrogens with one attached hydrogen (secondary N) is 2. The van der Waals surface area contributed by atoms with Gasteiger partial charge in [0.2, 0.25) is 5.91 Å². The molecule has 2 aromatic rings. The SMILES string of the molecule is O=C(CNc1cccc(C(=O)N2CCCCCC2)c1)Nc1ccccc1F. The monoisotopic (exact) mass is 369 g/mol. The molecule has 27 heavy (non-hydrogen) atoms. The van der Waals surface area contributed by atoms with Crippen molar-refractivity contribution in [2.24, 2.45) is 0 Å². The van der Waals surface area contributed by atoms with Gasteiger partial charge in [-0.2, -0.15) is 0 Å². The molecule has 2 aromatic carbocycles. The second kappa shape index (κ2) is 9.16. The van der Waals surface area contributed by atoms with Gasteiger partial charge in [-0.05, 0) is 43.2 Å². The summed E-state index contributed by atoms with van der Waals surface area (Å²) in [5, 5.41) is 5.51. The van der Waals surface area contributed by atoms with Gasteiger partial charge in [-0.3, -0.25) is 9.59 Å². The highest BCUT2D eigenvalue weighted by Crippen LogP contribution is 2.17. The molecule has 0 radical (unpaired) electrons. The lowest BCUT2D eigenvalue weighted by Crippen LogP contribution is -2.31. The van der Waals surface area contributed by atoms with E-state index in [2.05, 4.69) is 10.6 Å². The lowest BCUT2D eigenvalue weighted by molar-refractivity contribution is -0.114. The molecule has 6 heteroatoms. The molecule has 142 valence electrons. The van der Waals surface area contributed by atoms with Crippen molar-refractivity contribution in [3.05, 3.63) is 59.9 Å². The predicted octanol–water partition coefficient (Wildman–Crippen LogP) is 3.89. The molecular weight excluding hydrogens is 345 g/mol. The summed E-state index contributed by atoms with van der Waals surface area (Å²) in [6.45, 7) is 1.57. The third-order valence-electron chi connectivity index (χ3n) is 4.60. The Morgan fingerprint density at radius 1 is 0.963 bits per heavy atom. The van der Waals surface area contributed by atoms with Crippen molar-refractivity contribution in [2.45, 2.75) is 25.7 Å². The van der Waals surface area contributed by atoms with Gasteiger partial charge in [0.05, 0.1) is 12.2 Å². The highest BCUT2D eigenvalue weighted by Gasteiger charge is 2.17. The maximum absolute atomic E-state index is 13.6. The van der Waals surface area contributed by atoms with E-state index in [1.54, 1.807) is 36.4 Å². The van der Waals surface area contributed by atoms with Crippen molar-refractivity contribution in [1.82, 2.24) is 4.90 Å². The van der Waals surface area contributed by atoms with Gasteiger partial charge < -0.3 is 15.5 Å². The Hall–Kier alpha value is -2.89. The number of nitrogens with zero attached hydrogens (tertiary/aromatic N) is 1. The maximum atomic E-state index is 13.6. The minimum absolute atomic E-state index is 0.0182. The van der Waals surface area contributed by atoms with E-state index in [1.165, 1.54) is 25.0 Å². The third-order valence-corrected chi connectivity index (χ3v) is 4.60. The second-order valence-electron chi connectivity index (χ2n) is 6.67. The van der Waals surface area contributed by atoms with Crippen LogP contribution >= 0.6 is 0 Å². The first-order valence-corrected chi connectivity index (χ1v) is 9.31. The van der Waals surface area contributed by atoms with Crippen molar-refractivity contribution in [1.29, 1.82) is 0 Å². The van der Waals surface area contributed by atoms with Gasteiger partial charge in [0, 0.05) is 24.3 Å². The molecule has 1 aliphatic heterocycles. The fourth-order valence-corrected chi connectivity index (χ4v) is 3.16. The van der Waals surface area contributed by atoms with E-state index >= 15 is 0 Å². The van der Waals surface area contributed by atoms with Gasteiger partial charge in [-0.15, -0.1) is 0 Å². The number of halogens is 1. The van der Waals surface area contributed by atoms with Gasteiger partial charge in [0.25, 0.3) is 5.91 Å². The molecule has 2 N–H and O–H groups in total. The van der Waals surface area contributed by atoms with Gasteiger partial charge in [-0.1, -0.05) is 31.0 Å². The van der Waals surface area contributed by atoms with E-state index in [0.29, 0.717) is 11.3 Å². The molecule has 0 aliphatic carbocycles. The summed E-state index contributed by atoms with van der Waals surface area (Å²) in [5.74, 6) is -0.809. The molecule has 0 atom stereocenters. The zero-order valence-electron chi connectivity index (χ0n) is 15.2. The molecular formula is C21H24FN3O2. The van der Waals surface area contributed by atoms with Crippen molar-refractivity contribution in [2.75, 3.05) is 30.3 Å². The summed E-state index contributed by atoms with van der Waals surface area (Å²) in [5.41, 5.74) is 1.44. The maximum Gasteiger partial charge on any atom is 0.253 e. The quantitative estimate of drug-likeness (QED) is 0.840. The van der Waals surface area contributed by atoms with Crippen LogP contribution in [0.2, 0.25) is 0 Å². The first-order chi connectivity index (χ1) is 13.1. The molecule has 3 rings (SSSR count). The summed E-state index contributed by atoms with van der Waals surface area (Å²) in [6, 6.07) is 13.2. The first kappa shape index (κ1) is 18.9. The molecule has 1 aliphatic rings. The Morgan fingerprint density at radius 2 is 1.70 bits per heavy atom. The average Bonchev–Trinajstić information content (AvgIpc) is 2.97. The summed E-state index contributed by atoms with van der Waals surface area (Å²) < 4.78 is 13.6. The number of hydrogen-bond acceptors (Lipinski definition) is 3. The van der Waals surface area contributed by atoms with Crippen molar-refractivity contribution < 1.29 is 14.0 Å². The van der Waals surface area contributed by atoms with E-state index in [4.69, 9.17) is 0 Å². The van der Waals surface area contributed by atoms with Crippen LogP contribution < -0.4 is 10.6 Å². The number of benzene rings is 2. The fourth-order valence-electron chi connectivity index (χ4n) is 3.16. The van der Waals surface area contributed by atoms with E-state index in [9.17, 15) is 14.0 Å². The van der Waals surface area contributed by atoms with Crippen LogP contribution in [0.25, 0.3) is 0 Å². The third kappa shape index (κ3) is 5.29. The number of amides is 2. The van der Waals surface area contributed by atoms with Crippen LogP contribution in [0.5, 0.6) is 0 Å². The molecule has 2 amide bonds. The number of para-hydroxylation sites is 1. The highest BCUT2D eigenvalue weighted by atomic mass is 19.1. The average molecular weight is 369 g/mol. The number of carbonyl (C=O) groups is 2. The molecule has 1 saturated heterocycles. The van der Waals surface area contributed by atoms with Gasteiger partial charge in [-0.25, -0.2) is 4.39 Å². The zero-order valence-corrected chi connectivity index (χ0v) is 15.2. The molecule has 5 nitrogen and oxygen atoms in total.